The predicted octanol–water partition coefficient (Wildman–Crippen LogP) is 15.0. The van der Waals surface area contributed by atoms with Crippen LogP contribution in [0.25, 0.3) is 0 Å². The molecule has 1 saturated heterocycles. The number of hydrogen-bond acceptors (Lipinski definition) is 9. The summed E-state index contributed by atoms with van der Waals surface area (Å²) in [6, 6.07) is -0.230. The number of ether oxygens (including phenoxy) is 3. The number of carbonyl (C=O) groups excluding carboxylic acids is 2. The Morgan fingerprint density at radius 3 is 1.70 bits per heavy atom. The van der Waals surface area contributed by atoms with Crippen LogP contribution in [0.5, 0.6) is 0 Å². The number of likely N-dealkylation sites (tertiary alicyclic amines) is 1. The molecular weight excluding hydrogens is 825 g/mol. The van der Waals surface area contributed by atoms with Crippen molar-refractivity contribution in [1.29, 1.82) is 0 Å². The molecular formula is C56H106N4O6. The molecule has 1 aromatic rings. The molecule has 0 spiro atoms. The quantitative estimate of drug-likeness (QED) is 0.0387. The Balaban J connectivity index is 1.74. The van der Waals surface area contributed by atoms with E-state index in [9.17, 15) is 14.7 Å². The van der Waals surface area contributed by atoms with Gasteiger partial charge in [-0.1, -0.05) is 213 Å². The molecule has 0 aliphatic carbocycles. The number of unbranched alkanes of at least 4 members (excludes halogenated alkanes) is 25. The largest absolute Gasteiger partial charge is 0.466 e. The van der Waals surface area contributed by atoms with Crippen molar-refractivity contribution in [2.75, 3.05) is 26.3 Å². The Hall–Kier alpha value is -2.04. The smallest absolute Gasteiger partial charge is 0.323 e. The average molecular weight is 931 g/mol. The van der Waals surface area contributed by atoms with Crippen LogP contribution in [0, 0.1) is 5.92 Å². The van der Waals surface area contributed by atoms with Crippen LogP contribution in [0.1, 0.15) is 284 Å². The molecule has 386 valence electrons. The Bertz CT molecular complexity index is 1250. The van der Waals surface area contributed by atoms with Crippen molar-refractivity contribution in [3.63, 3.8) is 0 Å². The first-order chi connectivity index (χ1) is 32.3. The molecule has 1 aromatic heterocycles. The molecule has 66 heavy (non-hydrogen) atoms. The lowest BCUT2D eigenvalue weighted by Crippen LogP contribution is -2.38. The van der Waals surface area contributed by atoms with E-state index in [0.717, 1.165) is 102 Å². The summed E-state index contributed by atoms with van der Waals surface area (Å²) in [6.07, 6.45) is 44.3. The van der Waals surface area contributed by atoms with Gasteiger partial charge in [0.1, 0.15) is 6.04 Å². The van der Waals surface area contributed by atoms with E-state index in [0.29, 0.717) is 38.4 Å². The van der Waals surface area contributed by atoms with Gasteiger partial charge < -0.3 is 19.3 Å². The molecule has 4 atom stereocenters. The third kappa shape index (κ3) is 31.2. The van der Waals surface area contributed by atoms with Crippen molar-refractivity contribution in [2.45, 2.75) is 303 Å². The van der Waals surface area contributed by atoms with Crippen LogP contribution in [0.4, 0.5) is 0 Å². The summed E-state index contributed by atoms with van der Waals surface area (Å²) in [5.74, 6) is 0.349. The summed E-state index contributed by atoms with van der Waals surface area (Å²) < 4.78 is 19.7. The minimum Gasteiger partial charge on any atom is -0.466 e. The summed E-state index contributed by atoms with van der Waals surface area (Å²) in [5, 5.41) is 19.9. The number of aliphatic hydroxyl groups excluding tert-OH is 1. The normalized spacial score (nSPS) is 16.3. The molecule has 10 nitrogen and oxygen atoms in total. The minimum atomic E-state index is -0.677. The Labute approximate surface area is 406 Å². The van der Waals surface area contributed by atoms with Crippen LogP contribution in [0.2, 0.25) is 0 Å². The number of carbonyl (C=O) groups is 2. The van der Waals surface area contributed by atoms with E-state index >= 15 is 0 Å². The van der Waals surface area contributed by atoms with Gasteiger partial charge in [0.2, 0.25) is 0 Å². The Morgan fingerprint density at radius 1 is 0.621 bits per heavy atom. The predicted molar refractivity (Wildman–Crippen MR) is 274 cm³/mol. The highest BCUT2D eigenvalue weighted by atomic mass is 16.6. The van der Waals surface area contributed by atoms with E-state index in [1.54, 1.807) is 0 Å². The van der Waals surface area contributed by atoms with Gasteiger partial charge in [-0.15, -0.1) is 5.10 Å². The lowest BCUT2D eigenvalue weighted by molar-refractivity contribution is -0.149. The van der Waals surface area contributed by atoms with Gasteiger partial charge in [-0.2, -0.15) is 0 Å². The molecule has 1 N–H and O–H groups in total. The lowest BCUT2D eigenvalue weighted by Gasteiger charge is -2.22. The maximum atomic E-state index is 13.6. The highest BCUT2D eigenvalue weighted by Gasteiger charge is 2.39. The third-order valence-electron chi connectivity index (χ3n) is 14.0. The summed E-state index contributed by atoms with van der Waals surface area (Å²) in [4.78, 5) is 28.3. The molecule has 0 amide bonds. The van der Waals surface area contributed by atoms with Gasteiger partial charge in [0, 0.05) is 19.2 Å². The first-order valence-corrected chi connectivity index (χ1v) is 28.6. The van der Waals surface area contributed by atoms with Crippen LogP contribution in [-0.2, 0) is 30.2 Å². The van der Waals surface area contributed by atoms with E-state index in [4.69, 9.17) is 14.2 Å². The zero-order valence-corrected chi connectivity index (χ0v) is 43.9. The Kier molecular flexibility index (Phi) is 38.1. The highest BCUT2D eigenvalue weighted by Crippen LogP contribution is 2.29. The first kappa shape index (κ1) is 60.1. The molecule has 1 aliphatic rings. The summed E-state index contributed by atoms with van der Waals surface area (Å²) >= 11 is 0. The number of aliphatic hydroxyl groups is 1. The van der Waals surface area contributed by atoms with Crippen LogP contribution in [0.3, 0.4) is 0 Å². The van der Waals surface area contributed by atoms with Gasteiger partial charge in [-0.3, -0.25) is 14.5 Å². The molecule has 0 radical (unpaired) electrons. The van der Waals surface area contributed by atoms with E-state index < -0.39 is 6.29 Å². The summed E-state index contributed by atoms with van der Waals surface area (Å²) in [7, 11) is 0. The average Bonchev–Trinajstić information content (AvgIpc) is 3.96. The second-order valence-corrected chi connectivity index (χ2v) is 20.5. The molecule has 0 bridgehead atoms. The molecule has 2 unspecified atom stereocenters. The number of aromatic nitrogens is 3. The zero-order chi connectivity index (χ0) is 47.7. The van der Waals surface area contributed by atoms with Crippen LogP contribution < -0.4 is 0 Å². The highest BCUT2D eigenvalue weighted by molar-refractivity contribution is 5.76. The van der Waals surface area contributed by atoms with Gasteiger partial charge in [-0.25, -0.2) is 4.68 Å². The fraction of sp³-hybridized carbons (Fsp3) is 0.929. The third-order valence-corrected chi connectivity index (χ3v) is 14.0. The van der Waals surface area contributed by atoms with E-state index in [2.05, 4.69) is 56.0 Å². The van der Waals surface area contributed by atoms with Crippen molar-refractivity contribution >= 4 is 11.9 Å². The SMILES string of the molecule is CCCCCCCCCCCOC(=O)CCCCCN1C[C@@H](n2cc(CC(C)CCCC)nn2)C[C@H]1C(=O)OCCCCCCCC(O)OC(CCCCCCCC)CCCCCCCC. The Morgan fingerprint density at radius 2 is 1.12 bits per heavy atom. The van der Waals surface area contributed by atoms with E-state index in [1.807, 2.05) is 4.68 Å². The second kappa shape index (κ2) is 41.9. The number of rotatable bonds is 47. The van der Waals surface area contributed by atoms with E-state index in [1.165, 1.54) is 141 Å². The summed E-state index contributed by atoms with van der Waals surface area (Å²) in [6.45, 7) is 13.8. The van der Waals surface area contributed by atoms with E-state index in [-0.39, 0.29) is 30.1 Å². The maximum absolute atomic E-state index is 13.6. The molecule has 10 heteroatoms. The molecule has 0 aromatic carbocycles. The number of nitrogens with zero attached hydrogens (tertiary/aromatic N) is 4. The van der Waals surface area contributed by atoms with Gasteiger partial charge >= 0.3 is 11.9 Å². The zero-order valence-electron chi connectivity index (χ0n) is 43.9. The van der Waals surface area contributed by atoms with Crippen molar-refractivity contribution < 1.29 is 28.9 Å². The monoisotopic (exact) mass is 931 g/mol. The molecule has 0 saturated carbocycles. The molecule has 1 aliphatic heterocycles. The number of hydrogen-bond donors (Lipinski definition) is 1. The van der Waals surface area contributed by atoms with Crippen LogP contribution in [-0.4, -0.2) is 81.7 Å². The van der Waals surface area contributed by atoms with Gasteiger partial charge in [0.05, 0.1) is 31.1 Å². The second-order valence-electron chi connectivity index (χ2n) is 20.5. The van der Waals surface area contributed by atoms with Crippen LogP contribution >= 0.6 is 0 Å². The first-order valence-electron chi connectivity index (χ1n) is 28.6. The van der Waals surface area contributed by atoms with Crippen molar-refractivity contribution in [2.24, 2.45) is 5.92 Å². The standard InChI is InChI=1S/C56H106N4O6/c1-6-10-14-17-20-21-22-27-35-43-64-54(61)40-33-29-34-42-59-48-51(60-47-50(57-58-60)45-49(5)37-13-9-4)46-53(59)56(63)65-44-36-28-23-26-32-41-55(62)66-52(38-30-24-18-15-11-7-2)39-31-25-19-16-12-8-3/h47,49,51-53,55,62H,6-46,48H2,1-5H3/t49?,51-,53-,55?/m0/s1. The van der Waals surface area contributed by atoms with Gasteiger partial charge in [0.15, 0.2) is 6.29 Å². The molecule has 1 fully saturated rings. The van der Waals surface area contributed by atoms with Crippen molar-refractivity contribution in [3.05, 3.63) is 11.9 Å². The fourth-order valence-electron chi connectivity index (χ4n) is 9.69. The van der Waals surface area contributed by atoms with Crippen LogP contribution in [0.15, 0.2) is 6.20 Å². The summed E-state index contributed by atoms with van der Waals surface area (Å²) in [5.41, 5.74) is 1.03. The molecule has 2 rings (SSSR count). The minimum absolute atomic E-state index is 0.0755. The topological polar surface area (TPSA) is 116 Å². The fourth-order valence-corrected chi connectivity index (χ4v) is 9.69. The van der Waals surface area contributed by atoms with Crippen molar-refractivity contribution in [3.8, 4) is 0 Å². The maximum Gasteiger partial charge on any atom is 0.323 e. The van der Waals surface area contributed by atoms with Crippen molar-refractivity contribution in [1.82, 2.24) is 19.9 Å². The lowest BCUT2D eigenvalue weighted by atomic mass is 9.99. The van der Waals surface area contributed by atoms with Gasteiger partial charge in [-0.05, 0) is 76.7 Å². The van der Waals surface area contributed by atoms with Gasteiger partial charge in [0.25, 0.3) is 0 Å². The number of esters is 2. The molecule has 2 heterocycles.